The fourth-order valence-corrected chi connectivity index (χ4v) is 3.37. The van der Waals surface area contributed by atoms with Crippen LogP contribution in [0.15, 0.2) is 24.3 Å². The van der Waals surface area contributed by atoms with Crippen LogP contribution in [-0.2, 0) is 4.79 Å². The van der Waals surface area contributed by atoms with Crippen molar-refractivity contribution in [2.45, 2.75) is 44.2 Å². The number of methoxy groups -OCH3 is 1. The summed E-state index contributed by atoms with van der Waals surface area (Å²) < 4.78 is 5.30. The molecule has 2 unspecified atom stereocenters. The fourth-order valence-electron chi connectivity index (χ4n) is 3.37. The summed E-state index contributed by atoms with van der Waals surface area (Å²) >= 11 is 0. The number of ketones is 1. The van der Waals surface area contributed by atoms with Crippen LogP contribution in [0, 0.1) is 0 Å². The zero-order valence-corrected chi connectivity index (χ0v) is 10.8. The zero-order valence-electron chi connectivity index (χ0n) is 10.8. The molecule has 0 spiro atoms. The second-order valence-corrected chi connectivity index (χ2v) is 5.29. The molecule has 2 saturated heterocycles. The van der Waals surface area contributed by atoms with Crippen molar-refractivity contribution in [1.29, 1.82) is 0 Å². The molecule has 0 aliphatic carbocycles. The Morgan fingerprint density at radius 2 is 1.94 bits per heavy atom. The summed E-state index contributed by atoms with van der Waals surface area (Å²) in [6, 6.07) is 9.01. The number of carbonyl (C=O) groups is 1. The lowest BCUT2D eigenvalue weighted by atomic mass is 9.83. The molecule has 0 aromatic heterocycles. The maximum atomic E-state index is 11.7. The monoisotopic (exact) mass is 245 g/mol. The lowest BCUT2D eigenvalue weighted by Gasteiger charge is -2.47. The summed E-state index contributed by atoms with van der Waals surface area (Å²) in [4.78, 5) is 14.2. The number of benzene rings is 1. The maximum absolute atomic E-state index is 11.7. The van der Waals surface area contributed by atoms with E-state index in [1.807, 2.05) is 12.1 Å². The highest BCUT2D eigenvalue weighted by molar-refractivity contribution is 5.82. The topological polar surface area (TPSA) is 29.5 Å². The van der Waals surface area contributed by atoms with E-state index >= 15 is 0 Å². The van der Waals surface area contributed by atoms with Crippen molar-refractivity contribution in [3.8, 4) is 5.75 Å². The molecule has 2 atom stereocenters. The van der Waals surface area contributed by atoms with E-state index < -0.39 is 0 Å². The van der Waals surface area contributed by atoms with Gasteiger partial charge in [-0.1, -0.05) is 6.07 Å². The van der Waals surface area contributed by atoms with Gasteiger partial charge in [0.15, 0.2) is 0 Å². The molecule has 1 aromatic carbocycles. The largest absolute Gasteiger partial charge is 0.497 e. The van der Waals surface area contributed by atoms with Crippen LogP contribution in [0.1, 0.15) is 32.1 Å². The third-order valence-corrected chi connectivity index (χ3v) is 4.14. The van der Waals surface area contributed by atoms with E-state index in [2.05, 4.69) is 17.0 Å². The van der Waals surface area contributed by atoms with E-state index in [1.165, 1.54) is 12.1 Å². The second kappa shape index (κ2) is 4.63. The summed E-state index contributed by atoms with van der Waals surface area (Å²) in [5.41, 5.74) is 1.21. The molecule has 0 amide bonds. The van der Waals surface area contributed by atoms with Crippen molar-refractivity contribution < 1.29 is 9.53 Å². The van der Waals surface area contributed by atoms with Gasteiger partial charge in [-0.15, -0.1) is 0 Å². The van der Waals surface area contributed by atoms with Crippen molar-refractivity contribution >= 4 is 11.5 Å². The highest BCUT2D eigenvalue weighted by Crippen LogP contribution is 2.37. The first kappa shape index (κ1) is 11.6. The Hall–Kier alpha value is -1.51. The van der Waals surface area contributed by atoms with Gasteiger partial charge in [0, 0.05) is 36.7 Å². The number of Topliss-reactive ketones (excluding diaryl/α,β-unsaturated/α-hetero) is 1. The molecule has 18 heavy (non-hydrogen) atoms. The molecule has 2 heterocycles. The van der Waals surface area contributed by atoms with Gasteiger partial charge in [-0.2, -0.15) is 0 Å². The molecular formula is C15H19NO2. The van der Waals surface area contributed by atoms with Gasteiger partial charge in [0.25, 0.3) is 0 Å². The smallest absolute Gasteiger partial charge is 0.137 e. The van der Waals surface area contributed by atoms with Crippen molar-refractivity contribution in [2.24, 2.45) is 0 Å². The van der Waals surface area contributed by atoms with E-state index in [4.69, 9.17) is 4.74 Å². The number of piperidine rings is 2. The van der Waals surface area contributed by atoms with Crippen LogP contribution in [0.2, 0.25) is 0 Å². The third-order valence-electron chi connectivity index (χ3n) is 4.14. The van der Waals surface area contributed by atoms with E-state index in [0.717, 1.165) is 18.6 Å². The summed E-state index contributed by atoms with van der Waals surface area (Å²) in [5.74, 6) is 1.33. The van der Waals surface area contributed by atoms with Crippen molar-refractivity contribution in [2.75, 3.05) is 12.0 Å². The Balaban J connectivity index is 1.92. The Kier molecular flexibility index (Phi) is 2.98. The van der Waals surface area contributed by atoms with Crippen LogP contribution >= 0.6 is 0 Å². The second-order valence-electron chi connectivity index (χ2n) is 5.29. The molecule has 3 rings (SSSR count). The average Bonchev–Trinajstić information content (AvgIpc) is 2.37. The predicted molar refractivity (Wildman–Crippen MR) is 71.1 cm³/mol. The highest BCUT2D eigenvalue weighted by atomic mass is 16.5. The number of fused-ring (bicyclic) bond motifs is 2. The van der Waals surface area contributed by atoms with Crippen LogP contribution in [0.4, 0.5) is 5.69 Å². The number of carbonyl (C=O) groups excluding carboxylic acids is 1. The number of nitrogens with zero attached hydrogens (tertiary/aromatic N) is 1. The molecule has 0 saturated carbocycles. The van der Waals surface area contributed by atoms with Crippen molar-refractivity contribution in [3.63, 3.8) is 0 Å². The fraction of sp³-hybridized carbons (Fsp3) is 0.533. The van der Waals surface area contributed by atoms with Crippen molar-refractivity contribution in [1.82, 2.24) is 0 Å². The Morgan fingerprint density at radius 3 is 2.61 bits per heavy atom. The molecule has 2 fully saturated rings. The van der Waals surface area contributed by atoms with Gasteiger partial charge in [-0.3, -0.25) is 4.79 Å². The number of hydrogen-bond donors (Lipinski definition) is 0. The Morgan fingerprint density at radius 1 is 1.22 bits per heavy atom. The van der Waals surface area contributed by atoms with E-state index in [-0.39, 0.29) is 0 Å². The highest BCUT2D eigenvalue weighted by Gasteiger charge is 2.37. The molecular weight excluding hydrogens is 226 g/mol. The van der Waals surface area contributed by atoms with E-state index in [0.29, 0.717) is 30.7 Å². The van der Waals surface area contributed by atoms with Crippen LogP contribution in [0.3, 0.4) is 0 Å². The van der Waals surface area contributed by atoms with Gasteiger partial charge in [-0.25, -0.2) is 0 Å². The summed E-state index contributed by atoms with van der Waals surface area (Å²) in [6.45, 7) is 0. The first-order valence-electron chi connectivity index (χ1n) is 6.72. The minimum Gasteiger partial charge on any atom is -0.497 e. The minimum atomic E-state index is 0.400. The molecule has 1 aromatic rings. The van der Waals surface area contributed by atoms with E-state index in [1.54, 1.807) is 7.11 Å². The van der Waals surface area contributed by atoms with Crippen LogP contribution in [-0.4, -0.2) is 25.0 Å². The summed E-state index contributed by atoms with van der Waals surface area (Å²) in [5, 5.41) is 0. The van der Waals surface area contributed by atoms with Gasteiger partial charge < -0.3 is 9.64 Å². The number of rotatable bonds is 2. The molecule has 2 aliphatic rings. The third kappa shape index (κ3) is 1.98. The molecule has 3 heteroatoms. The molecule has 0 N–H and O–H groups in total. The summed E-state index contributed by atoms with van der Waals surface area (Å²) in [7, 11) is 1.69. The molecule has 0 radical (unpaired) electrons. The van der Waals surface area contributed by atoms with Gasteiger partial charge in [-0.05, 0) is 31.4 Å². The van der Waals surface area contributed by atoms with E-state index in [9.17, 15) is 4.79 Å². The van der Waals surface area contributed by atoms with Crippen LogP contribution in [0.25, 0.3) is 0 Å². The van der Waals surface area contributed by atoms with Crippen LogP contribution < -0.4 is 9.64 Å². The van der Waals surface area contributed by atoms with Gasteiger partial charge >= 0.3 is 0 Å². The lowest BCUT2D eigenvalue weighted by molar-refractivity contribution is -0.121. The quantitative estimate of drug-likeness (QED) is 0.802. The van der Waals surface area contributed by atoms with Gasteiger partial charge in [0.1, 0.15) is 11.5 Å². The molecule has 96 valence electrons. The number of anilines is 1. The standard InChI is InChI=1S/C15H19NO2/c1-18-15-7-3-6-13(10-15)16-11-4-2-5-12(16)9-14(17)8-11/h3,6-7,10-12H,2,4-5,8-9H2,1H3. The summed E-state index contributed by atoms with van der Waals surface area (Å²) in [6.07, 6.45) is 4.96. The average molecular weight is 245 g/mol. The molecule has 2 bridgehead atoms. The minimum absolute atomic E-state index is 0.400. The Labute approximate surface area is 108 Å². The number of hydrogen-bond acceptors (Lipinski definition) is 3. The predicted octanol–water partition coefficient (Wildman–Crippen LogP) is 2.79. The van der Waals surface area contributed by atoms with Crippen LogP contribution in [0.5, 0.6) is 5.75 Å². The molecule has 3 nitrogen and oxygen atoms in total. The number of ether oxygens (including phenoxy) is 1. The SMILES string of the molecule is COc1cccc(N2C3CCCC2CC(=O)C3)c1. The Bertz CT molecular complexity index is 442. The first-order chi connectivity index (χ1) is 8.78. The normalized spacial score (nSPS) is 27.2. The van der Waals surface area contributed by atoms with Crippen molar-refractivity contribution in [3.05, 3.63) is 24.3 Å². The van der Waals surface area contributed by atoms with Gasteiger partial charge in [0.2, 0.25) is 0 Å². The maximum Gasteiger partial charge on any atom is 0.137 e. The lowest BCUT2D eigenvalue weighted by Crippen LogP contribution is -2.52. The zero-order chi connectivity index (χ0) is 12.5. The molecule has 2 aliphatic heterocycles. The first-order valence-corrected chi connectivity index (χ1v) is 6.72. The van der Waals surface area contributed by atoms with Gasteiger partial charge in [0.05, 0.1) is 7.11 Å².